The highest BCUT2D eigenvalue weighted by Crippen LogP contribution is 2.39. The maximum atomic E-state index is 13.5. The van der Waals surface area contributed by atoms with E-state index < -0.39 is 5.41 Å². The number of rotatable bonds is 11. The van der Waals surface area contributed by atoms with Gasteiger partial charge in [0.1, 0.15) is 0 Å². The summed E-state index contributed by atoms with van der Waals surface area (Å²) in [7, 11) is 4.61. The second kappa shape index (κ2) is 12.1. The van der Waals surface area contributed by atoms with Crippen LogP contribution in [-0.2, 0) is 11.8 Å². The summed E-state index contributed by atoms with van der Waals surface area (Å²) < 4.78 is 16.3. The molecule has 0 aliphatic heterocycles. The number of aryl methyl sites for hydroxylation is 1. The van der Waals surface area contributed by atoms with Gasteiger partial charge in [-0.2, -0.15) is 0 Å². The zero-order valence-electron chi connectivity index (χ0n) is 21.4. The van der Waals surface area contributed by atoms with Crippen LogP contribution >= 0.6 is 0 Å². The third-order valence-corrected chi connectivity index (χ3v) is 6.66. The maximum absolute atomic E-state index is 13.5. The first-order chi connectivity index (χ1) is 18.1. The lowest BCUT2D eigenvalue weighted by Crippen LogP contribution is -2.42. The van der Waals surface area contributed by atoms with Crippen molar-refractivity contribution in [2.24, 2.45) is 0 Å². The van der Waals surface area contributed by atoms with Crippen molar-refractivity contribution in [2.45, 2.75) is 18.3 Å². The summed E-state index contributed by atoms with van der Waals surface area (Å²) in [5.74, 6) is 1.08. The minimum absolute atomic E-state index is 0.228. The topological polar surface area (TPSA) is 69.7 Å². The molecule has 1 aromatic heterocycles. The normalized spacial score (nSPS) is 11.0. The van der Waals surface area contributed by atoms with E-state index in [1.54, 1.807) is 12.1 Å². The zero-order chi connectivity index (χ0) is 26.1. The molecule has 0 bridgehead atoms. The number of nitrogens with zero attached hydrogens (tertiary/aromatic N) is 1. The molecule has 0 spiro atoms. The number of methoxy groups -OCH3 is 3. The smallest absolute Gasteiger partial charge is 0.251 e. The SMILES string of the molecule is COc1cc(C(=O)NCC(CCc2ccccn2)(c2ccccc2)c2ccccc2)cc(OC)c1OC. The van der Waals surface area contributed by atoms with Gasteiger partial charge in [-0.05, 0) is 48.2 Å². The van der Waals surface area contributed by atoms with Crippen LogP contribution < -0.4 is 19.5 Å². The van der Waals surface area contributed by atoms with Crippen molar-refractivity contribution in [1.82, 2.24) is 10.3 Å². The molecule has 4 rings (SSSR count). The van der Waals surface area contributed by atoms with Crippen LogP contribution in [0.3, 0.4) is 0 Å². The van der Waals surface area contributed by atoms with Crippen LogP contribution in [0.25, 0.3) is 0 Å². The van der Waals surface area contributed by atoms with E-state index in [0.717, 1.165) is 29.7 Å². The van der Waals surface area contributed by atoms with Crippen LogP contribution in [0, 0.1) is 0 Å². The molecule has 0 atom stereocenters. The first kappa shape index (κ1) is 25.8. The van der Waals surface area contributed by atoms with Crippen molar-refractivity contribution in [3.8, 4) is 17.2 Å². The lowest BCUT2D eigenvalue weighted by atomic mass is 9.71. The maximum Gasteiger partial charge on any atom is 0.251 e. The Balaban J connectivity index is 1.71. The highest BCUT2D eigenvalue weighted by atomic mass is 16.5. The standard InChI is InChI=1S/C31H32N2O4/c1-35-27-20-23(21-28(36-2)29(27)37-3)30(34)33-22-31(24-12-6-4-7-13-24,25-14-8-5-9-15-25)18-17-26-16-10-11-19-32-26/h4-16,19-21H,17-18,22H2,1-3H3,(H,33,34). The van der Waals surface area contributed by atoms with Crippen LogP contribution in [0.2, 0.25) is 0 Å². The average molecular weight is 497 g/mol. The van der Waals surface area contributed by atoms with E-state index in [1.807, 2.05) is 60.8 Å². The number of carbonyl (C=O) groups is 1. The lowest BCUT2D eigenvalue weighted by molar-refractivity contribution is 0.0944. The monoisotopic (exact) mass is 496 g/mol. The van der Waals surface area contributed by atoms with Gasteiger partial charge in [0.15, 0.2) is 11.5 Å². The Morgan fingerprint density at radius 3 is 1.84 bits per heavy atom. The van der Waals surface area contributed by atoms with Crippen molar-refractivity contribution in [1.29, 1.82) is 0 Å². The number of carbonyl (C=O) groups excluding carboxylic acids is 1. The highest BCUT2D eigenvalue weighted by Gasteiger charge is 2.35. The fraction of sp³-hybridized carbons (Fsp3) is 0.226. The number of hydrogen-bond acceptors (Lipinski definition) is 5. The van der Waals surface area contributed by atoms with Gasteiger partial charge in [0.25, 0.3) is 5.91 Å². The Hall–Kier alpha value is -4.32. The van der Waals surface area contributed by atoms with E-state index >= 15 is 0 Å². The van der Waals surface area contributed by atoms with Gasteiger partial charge in [-0.25, -0.2) is 0 Å². The Labute approximate surface area is 218 Å². The number of benzene rings is 3. The van der Waals surface area contributed by atoms with Crippen molar-refractivity contribution >= 4 is 5.91 Å². The molecule has 190 valence electrons. The third kappa shape index (κ3) is 5.75. The number of pyridine rings is 1. The molecule has 1 amide bonds. The van der Waals surface area contributed by atoms with E-state index in [4.69, 9.17) is 14.2 Å². The van der Waals surface area contributed by atoms with Crippen LogP contribution in [0.5, 0.6) is 17.2 Å². The van der Waals surface area contributed by atoms with Gasteiger partial charge >= 0.3 is 0 Å². The Morgan fingerprint density at radius 2 is 1.35 bits per heavy atom. The van der Waals surface area contributed by atoms with Crippen LogP contribution in [0.15, 0.2) is 97.2 Å². The fourth-order valence-electron chi connectivity index (χ4n) is 4.70. The van der Waals surface area contributed by atoms with E-state index in [1.165, 1.54) is 21.3 Å². The van der Waals surface area contributed by atoms with Gasteiger partial charge in [0, 0.05) is 29.4 Å². The van der Waals surface area contributed by atoms with Crippen molar-refractivity contribution in [3.63, 3.8) is 0 Å². The van der Waals surface area contributed by atoms with Crippen LogP contribution in [-0.4, -0.2) is 38.8 Å². The summed E-state index contributed by atoms with van der Waals surface area (Å²) >= 11 is 0. The molecule has 1 N–H and O–H groups in total. The van der Waals surface area contributed by atoms with Gasteiger partial charge < -0.3 is 19.5 Å². The first-order valence-electron chi connectivity index (χ1n) is 12.2. The summed E-state index contributed by atoms with van der Waals surface area (Å²) in [6.07, 6.45) is 3.33. The molecule has 6 heteroatoms. The number of hydrogen-bond donors (Lipinski definition) is 1. The first-order valence-corrected chi connectivity index (χ1v) is 12.2. The summed E-state index contributed by atoms with van der Waals surface area (Å²) in [5.41, 5.74) is 3.21. The molecule has 0 saturated heterocycles. The molecular formula is C31H32N2O4. The van der Waals surface area contributed by atoms with Crippen LogP contribution in [0.1, 0.15) is 33.6 Å². The van der Waals surface area contributed by atoms with E-state index in [9.17, 15) is 4.79 Å². The minimum Gasteiger partial charge on any atom is -0.493 e. The van der Waals surface area contributed by atoms with Crippen molar-refractivity contribution < 1.29 is 19.0 Å². The second-order valence-corrected chi connectivity index (χ2v) is 8.73. The van der Waals surface area contributed by atoms with Gasteiger partial charge in [0.2, 0.25) is 5.75 Å². The number of aromatic nitrogens is 1. The average Bonchev–Trinajstić information content (AvgIpc) is 2.97. The largest absolute Gasteiger partial charge is 0.493 e. The summed E-state index contributed by atoms with van der Waals surface area (Å²) in [4.78, 5) is 18.0. The van der Waals surface area contributed by atoms with E-state index in [0.29, 0.717) is 29.4 Å². The van der Waals surface area contributed by atoms with Gasteiger partial charge in [-0.1, -0.05) is 66.7 Å². The molecule has 0 saturated carbocycles. The highest BCUT2D eigenvalue weighted by molar-refractivity contribution is 5.95. The number of nitrogens with one attached hydrogen (secondary N) is 1. The van der Waals surface area contributed by atoms with Gasteiger partial charge in [-0.15, -0.1) is 0 Å². The van der Waals surface area contributed by atoms with Crippen molar-refractivity contribution in [2.75, 3.05) is 27.9 Å². The molecule has 0 unspecified atom stereocenters. The molecule has 0 fully saturated rings. The van der Waals surface area contributed by atoms with Crippen molar-refractivity contribution in [3.05, 3.63) is 120 Å². The molecule has 1 heterocycles. The van der Waals surface area contributed by atoms with Gasteiger partial charge in [-0.3, -0.25) is 9.78 Å². The molecule has 37 heavy (non-hydrogen) atoms. The Kier molecular flexibility index (Phi) is 8.41. The molecule has 4 aromatic rings. The molecule has 0 radical (unpaired) electrons. The Morgan fingerprint density at radius 1 is 0.784 bits per heavy atom. The molecule has 3 aromatic carbocycles. The number of amides is 1. The molecular weight excluding hydrogens is 464 g/mol. The molecule has 0 aliphatic rings. The fourth-order valence-corrected chi connectivity index (χ4v) is 4.70. The number of ether oxygens (including phenoxy) is 3. The predicted molar refractivity (Wildman–Crippen MR) is 145 cm³/mol. The van der Waals surface area contributed by atoms with Crippen LogP contribution in [0.4, 0.5) is 0 Å². The Bertz CT molecular complexity index is 1230. The zero-order valence-corrected chi connectivity index (χ0v) is 21.4. The quantitative estimate of drug-likeness (QED) is 0.299. The lowest BCUT2D eigenvalue weighted by Gasteiger charge is -2.36. The summed E-state index contributed by atoms with van der Waals surface area (Å²) in [6, 6.07) is 29.9. The third-order valence-electron chi connectivity index (χ3n) is 6.66. The predicted octanol–water partition coefficient (Wildman–Crippen LogP) is 5.46. The summed E-state index contributed by atoms with van der Waals surface area (Å²) in [5, 5.41) is 3.20. The van der Waals surface area contributed by atoms with E-state index in [2.05, 4.69) is 34.6 Å². The second-order valence-electron chi connectivity index (χ2n) is 8.73. The minimum atomic E-state index is -0.476. The molecule has 0 aliphatic carbocycles. The summed E-state index contributed by atoms with van der Waals surface area (Å²) in [6.45, 7) is 0.392. The van der Waals surface area contributed by atoms with Gasteiger partial charge in [0.05, 0.1) is 21.3 Å². The van der Waals surface area contributed by atoms with E-state index in [-0.39, 0.29) is 5.91 Å². The molecule has 6 nitrogen and oxygen atoms in total.